The zero-order valence-corrected chi connectivity index (χ0v) is 14.3. The Labute approximate surface area is 140 Å². The van der Waals surface area contributed by atoms with E-state index >= 15 is 0 Å². The number of rotatable bonds is 5. The summed E-state index contributed by atoms with van der Waals surface area (Å²) in [5, 5.41) is 0. The topological polar surface area (TPSA) is 36.4 Å². The molecular formula is C18H21F2N3O. The summed E-state index contributed by atoms with van der Waals surface area (Å²) >= 11 is 0. The molecule has 0 spiro atoms. The molecule has 2 aromatic rings. The summed E-state index contributed by atoms with van der Waals surface area (Å²) in [4.78, 5) is 20.2. The van der Waals surface area contributed by atoms with Crippen LogP contribution in [-0.2, 0) is 6.54 Å². The largest absolute Gasteiger partial charge is 0.335 e. The molecule has 0 aliphatic rings. The second-order valence-electron chi connectivity index (χ2n) is 6.03. The van der Waals surface area contributed by atoms with Crippen LogP contribution in [0.3, 0.4) is 0 Å². The number of benzene rings is 1. The van der Waals surface area contributed by atoms with Gasteiger partial charge in [0.05, 0.1) is 17.3 Å². The Balaban J connectivity index is 2.17. The van der Waals surface area contributed by atoms with Crippen LogP contribution in [-0.4, -0.2) is 41.8 Å². The van der Waals surface area contributed by atoms with Crippen molar-refractivity contribution in [2.24, 2.45) is 0 Å². The molecule has 0 aliphatic carbocycles. The van der Waals surface area contributed by atoms with Gasteiger partial charge >= 0.3 is 0 Å². The van der Waals surface area contributed by atoms with Gasteiger partial charge in [0.1, 0.15) is 11.6 Å². The molecule has 1 heterocycles. The Morgan fingerprint density at radius 1 is 1.17 bits per heavy atom. The van der Waals surface area contributed by atoms with Crippen LogP contribution in [0.5, 0.6) is 0 Å². The molecule has 1 aromatic carbocycles. The van der Waals surface area contributed by atoms with E-state index in [-0.39, 0.29) is 11.5 Å². The minimum absolute atomic E-state index is 0.142. The second-order valence-corrected chi connectivity index (χ2v) is 6.03. The normalized spacial score (nSPS) is 12.3. The lowest BCUT2D eigenvalue weighted by Crippen LogP contribution is -2.30. The first-order valence-corrected chi connectivity index (χ1v) is 7.61. The van der Waals surface area contributed by atoms with Crippen molar-refractivity contribution >= 4 is 5.91 Å². The number of aromatic nitrogens is 1. The third-order valence-corrected chi connectivity index (χ3v) is 3.86. The number of nitrogens with zero attached hydrogens (tertiary/aromatic N) is 3. The lowest BCUT2D eigenvalue weighted by molar-refractivity contribution is 0.0739. The van der Waals surface area contributed by atoms with Crippen LogP contribution in [0.4, 0.5) is 8.78 Å². The minimum Gasteiger partial charge on any atom is -0.335 e. The summed E-state index contributed by atoms with van der Waals surface area (Å²) < 4.78 is 27.3. The van der Waals surface area contributed by atoms with Gasteiger partial charge in [0.15, 0.2) is 0 Å². The van der Waals surface area contributed by atoms with E-state index < -0.39 is 17.7 Å². The van der Waals surface area contributed by atoms with E-state index in [4.69, 9.17) is 0 Å². The van der Waals surface area contributed by atoms with E-state index in [0.717, 1.165) is 23.9 Å². The average Bonchev–Trinajstić information content (AvgIpc) is 2.55. The van der Waals surface area contributed by atoms with Gasteiger partial charge in [-0.25, -0.2) is 8.78 Å². The van der Waals surface area contributed by atoms with E-state index in [1.54, 1.807) is 26.1 Å². The molecule has 128 valence electrons. The fourth-order valence-electron chi connectivity index (χ4n) is 2.39. The van der Waals surface area contributed by atoms with Crippen LogP contribution < -0.4 is 0 Å². The first kappa shape index (κ1) is 18.0. The van der Waals surface area contributed by atoms with Gasteiger partial charge in [-0.15, -0.1) is 0 Å². The van der Waals surface area contributed by atoms with Crippen LogP contribution in [0.15, 0.2) is 36.5 Å². The lowest BCUT2D eigenvalue weighted by atomic mass is 10.1. The summed E-state index contributed by atoms with van der Waals surface area (Å²) in [5.41, 5.74) is 1.40. The Morgan fingerprint density at radius 3 is 2.46 bits per heavy atom. The molecule has 0 N–H and O–H groups in total. The predicted molar refractivity (Wildman–Crippen MR) is 88.5 cm³/mol. The summed E-state index contributed by atoms with van der Waals surface area (Å²) in [6, 6.07) is 6.11. The highest BCUT2D eigenvalue weighted by atomic mass is 19.1. The van der Waals surface area contributed by atoms with Crippen molar-refractivity contribution in [3.63, 3.8) is 0 Å². The van der Waals surface area contributed by atoms with E-state index in [9.17, 15) is 13.6 Å². The van der Waals surface area contributed by atoms with Crippen molar-refractivity contribution in [3.8, 4) is 0 Å². The highest BCUT2D eigenvalue weighted by molar-refractivity contribution is 5.94. The smallest absolute Gasteiger partial charge is 0.255 e. The Kier molecular flexibility index (Phi) is 5.62. The lowest BCUT2D eigenvalue weighted by Gasteiger charge is -2.25. The van der Waals surface area contributed by atoms with Gasteiger partial charge in [-0.1, -0.05) is 0 Å². The van der Waals surface area contributed by atoms with E-state index in [1.807, 2.05) is 19.0 Å². The van der Waals surface area contributed by atoms with Gasteiger partial charge in [-0.3, -0.25) is 9.78 Å². The molecule has 0 bridgehead atoms. The first-order chi connectivity index (χ1) is 11.3. The molecule has 6 heteroatoms. The van der Waals surface area contributed by atoms with Crippen molar-refractivity contribution in [2.75, 3.05) is 21.1 Å². The highest BCUT2D eigenvalue weighted by Gasteiger charge is 2.22. The highest BCUT2D eigenvalue weighted by Crippen LogP contribution is 2.24. The molecule has 0 saturated carbocycles. The molecule has 0 saturated heterocycles. The molecule has 0 radical (unpaired) electrons. The number of halogens is 2. The fraction of sp³-hybridized carbons (Fsp3) is 0.333. The molecule has 2 rings (SSSR count). The zero-order chi connectivity index (χ0) is 17.9. The first-order valence-electron chi connectivity index (χ1n) is 7.61. The summed E-state index contributed by atoms with van der Waals surface area (Å²) in [7, 11) is 5.43. The maximum Gasteiger partial charge on any atom is 0.255 e. The maximum atomic E-state index is 13.9. The molecule has 1 atom stereocenters. The summed E-state index contributed by atoms with van der Waals surface area (Å²) in [6.45, 7) is 2.33. The Morgan fingerprint density at radius 2 is 1.88 bits per heavy atom. The average molecular weight is 333 g/mol. The van der Waals surface area contributed by atoms with Gasteiger partial charge in [-0.05, 0) is 51.4 Å². The van der Waals surface area contributed by atoms with E-state index in [1.165, 1.54) is 11.1 Å². The van der Waals surface area contributed by atoms with Crippen LogP contribution >= 0.6 is 0 Å². The number of amides is 1. The number of carbonyl (C=O) groups excluding carboxylic acids is 1. The van der Waals surface area contributed by atoms with Crippen LogP contribution in [0, 0.1) is 11.6 Å². The molecule has 0 fully saturated rings. The number of pyridine rings is 1. The summed E-state index contributed by atoms with van der Waals surface area (Å²) in [5.74, 6) is -1.37. The van der Waals surface area contributed by atoms with Crippen LogP contribution in [0.25, 0.3) is 0 Å². The molecule has 4 nitrogen and oxygen atoms in total. The molecule has 1 amide bonds. The third-order valence-electron chi connectivity index (χ3n) is 3.86. The van der Waals surface area contributed by atoms with Gasteiger partial charge in [0, 0.05) is 25.4 Å². The van der Waals surface area contributed by atoms with Crippen molar-refractivity contribution in [3.05, 3.63) is 65.0 Å². The van der Waals surface area contributed by atoms with Gasteiger partial charge in [0.2, 0.25) is 0 Å². The van der Waals surface area contributed by atoms with Crippen LogP contribution in [0.2, 0.25) is 0 Å². The molecule has 1 unspecified atom stereocenters. The third kappa shape index (κ3) is 4.14. The Bertz CT molecular complexity index is 717. The fourth-order valence-corrected chi connectivity index (χ4v) is 2.39. The minimum atomic E-state index is -0.602. The van der Waals surface area contributed by atoms with Crippen molar-refractivity contribution in [2.45, 2.75) is 19.5 Å². The predicted octanol–water partition coefficient (Wildman–Crippen LogP) is 3.25. The van der Waals surface area contributed by atoms with Crippen molar-refractivity contribution in [1.82, 2.24) is 14.8 Å². The quantitative estimate of drug-likeness (QED) is 0.843. The SMILES string of the molecule is CC(c1cc(F)ccc1F)N(C)C(=O)c1ccc(CN(C)C)nc1. The van der Waals surface area contributed by atoms with E-state index in [2.05, 4.69) is 4.98 Å². The van der Waals surface area contributed by atoms with Gasteiger partial charge in [0.25, 0.3) is 5.91 Å². The second kappa shape index (κ2) is 7.49. The number of hydrogen-bond acceptors (Lipinski definition) is 3. The standard InChI is InChI=1S/C18H21F2N3O/c1-12(16-9-14(19)6-8-17(16)20)23(4)18(24)13-5-7-15(21-10-13)11-22(2)3/h5-10,12H,11H2,1-4H3. The number of hydrogen-bond donors (Lipinski definition) is 0. The molecule has 0 aliphatic heterocycles. The van der Waals surface area contributed by atoms with Gasteiger partial charge in [-0.2, -0.15) is 0 Å². The monoisotopic (exact) mass is 333 g/mol. The van der Waals surface area contributed by atoms with Crippen molar-refractivity contribution in [1.29, 1.82) is 0 Å². The zero-order valence-electron chi connectivity index (χ0n) is 14.3. The molecule has 1 aromatic heterocycles. The molecular weight excluding hydrogens is 312 g/mol. The van der Waals surface area contributed by atoms with Crippen LogP contribution in [0.1, 0.15) is 34.6 Å². The summed E-state index contributed by atoms with van der Waals surface area (Å²) in [6.07, 6.45) is 1.51. The molecule has 24 heavy (non-hydrogen) atoms. The Hall–Kier alpha value is -2.34. The van der Waals surface area contributed by atoms with Crippen molar-refractivity contribution < 1.29 is 13.6 Å². The van der Waals surface area contributed by atoms with E-state index in [0.29, 0.717) is 12.1 Å². The maximum absolute atomic E-state index is 13.9. The number of carbonyl (C=O) groups is 1. The van der Waals surface area contributed by atoms with Gasteiger partial charge < -0.3 is 9.80 Å².